The largest absolute Gasteiger partial charge is 0.545 e. The number of hydrogen-bond acceptors (Lipinski definition) is 7. The molecule has 10 nitrogen and oxygen atoms in total. The van der Waals surface area contributed by atoms with Crippen LogP contribution in [0.1, 0.15) is 26.5 Å². The van der Waals surface area contributed by atoms with E-state index in [1.807, 2.05) is 0 Å². The molecule has 0 bridgehead atoms. The number of halogens is 1. The minimum atomic E-state index is -1.37. The van der Waals surface area contributed by atoms with Gasteiger partial charge < -0.3 is 25.0 Å². The Bertz CT molecular complexity index is 1230. The molecule has 2 aromatic carbocycles. The summed E-state index contributed by atoms with van der Waals surface area (Å²) < 4.78 is 5.48. The first-order valence-corrected chi connectivity index (χ1v) is 9.68. The van der Waals surface area contributed by atoms with Gasteiger partial charge in [-0.2, -0.15) is 0 Å². The zero-order valence-electron chi connectivity index (χ0n) is 16.0. The normalized spacial score (nSPS) is 11.0. The van der Waals surface area contributed by atoms with Crippen LogP contribution in [0.25, 0.3) is 6.08 Å². The summed E-state index contributed by atoms with van der Waals surface area (Å²) in [5, 5.41) is 26.8. The number of carboxylic acid groups (broad SMARTS) is 1. The SMILES string of the molecule is O=C(Nc1ccc(C(=O)[O-])cc1)/C(=C/c1cccc([N+](=O)[O-])c1)NC(=O)c1ccc(Br)o1. The molecule has 0 unspecified atom stereocenters. The Morgan fingerprint density at radius 3 is 2.34 bits per heavy atom. The van der Waals surface area contributed by atoms with Crippen molar-refractivity contribution < 1.29 is 28.8 Å². The van der Waals surface area contributed by atoms with Crippen molar-refractivity contribution in [3.05, 3.63) is 98.0 Å². The minimum absolute atomic E-state index is 0.0760. The molecule has 162 valence electrons. The second kappa shape index (κ2) is 9.71. The summed E-state index contributed by atoms with van der Waals surface area (Å²) in [7, 11) is 0. The monoisotopic (exact) mass is 498 g/mol. The zero-order chi connectivity index (χ0) is 23.3. The number of carboxylic acids is 1. The number of amides is 2. The van der Waals surface area contributed by atoms with E-state index in [4.69, 9.17) is 4.42 Å². The number of hydrogen-bond donors (Lipinski definition) is 2. The standard InChI is InChI=1S/C21H14BrN3O7/c22-18-9-8-17(32-18)20(27)24-16(11-12-2-1-3-15(10-12)25(30)31)19(26)23-14-6-4-13(5-7-14)21(28)29/h1-11H,(H,23,26)(H,24,27)(H,28,29)/p-1/b16-11-. The topological polar surface area (TPSA) is 155 Å². The third kappa shape index (κ3) is 5.67. The van der Waals surface area contributed by atoms with E-state index in [1.54, 1.807) is 0 Å². The van der Waals surface area contributed by atoms with Crippen LogP contribution in [-0.4, -0.2) is 22.7 Å². The summed E-state index contributed by atoms with van der Waals surface area (Å²) in [4.78, 5) is 46.6. The highest BCUT2D eigenvalue weighted by molar-refractivity contribution is 9.10. The maximum atomic E-state index is 12.8. The molecule has 0 fully saturated rings. The fourth-order valence-electron chi connectivity index (χ4n) is 2.56. The second-order valence-electron chi connectivity index (χ2n) is 6.29. The highest BCUT2D eigenvalue weighted by Gasteiger charge is 2.18. The smallest absolute Gasteiger partial charge is 0.291 e. The molecular weight excluding hydrogens is 486 g/mol. The van der Waals surface area contributed by atoms with Crippen LogP contribution >= 0.6 is 15.9 Å². The lowest BCUT2D eigenvalue weighted by Crippen LogP contribution is -2.30. The fraction of sp³-hybridized carbons (Fsp3) is 0. The molecule has 11 heteroatoms. The Labute approximate surface area is 188 Å². The van der Waals surface area contributed by atoms with Crippen molar-refractivity contribution in [3.63, 3.8) is 0 Å². The number of aromatic carboxylic acids is 1. The summed E-state index contributed by atoms with van der Waals surface area (Å²) >= 11 is 3.08. The van der Waals surface area contributed by atoms with E-state index in [-0.39, 0.29) is 34.0 Å². The van der Waals surface area contributed by atoms with E-state index in [0.717, 1.165) is 0 Å². The number of non-ortho nitro benzene ring substituents is 1. The number of rotatable bonds is 7. The van der Waals surface area contributed by atoms with Gasteiger partial charge in [-0.3, -0.25) is 19.7 Å². The van der Waals surface area contributed by atoms with Crippen LogP contribution < -0.4 is 15.7 Å². The van der Waals surface area contributed by atoms with E-state index >= 15 is 0 Å². The molecule has 1 aromatic heterocycles. The summed E-state index contributed by atoms with van der Waals surface area (Å²) in [6.07, 6.45) is 1.26. The lowest BCUT2D eigenvalue weighted by atomic mass is 10.1. The zero-order valence-corrected chi connectivity index (χ0v) is 17.6. The van der Waals surface area contributed by atoms with Gasteiger partial charge in [0.15, 0.2) is 10.4 Å². The van der Waals surface area contributed by atoms with Gasteiger partial charge in [-0.25, -0.2) is 0 Å². The predicted molar refractivity (Wildman–Crippen MR) is 114 cm³/mol. The number of carbonyl (C=O) groups is 3. The van der Waals surface area contributed by atoms with Gasteiger partial charge in [0.25, 0.3) is 17.5 Å². The number of nitrogens with zero attached hydrogens (tertiary/aromatic N) is 1. The van der Waals surface area contributed by atoms with Crippen molar-refractivity contribution in [2.75, 3.05) is 5.32 Å². The Morgan fingerprint density at radius 2 is 1.75 bits per heavy atom. The van der Waals surface area contributed by atoms with Crippen molar-refractivity contribution in [1.82, 2.24) is 5.32 Å². The lowest BCUT2D eigenvalue weighted by Gasteiger charge is -2.11. The fourth-order valence-corrected chi connectivity index (χ4v) is 2.87. The summed E-state index contributed by atoms with van der Waals surface area (Å²) in [6.45, 7) is 0. The van der Waals surface area contributed by atoms with Crippen LogP contribution in [0.15, 0.2) is 75.4 Å². The van der Waals surface area contributed by atoms with Gasteiger partial charge in [0.1, 0.15) is 5.70 Å². The molecule has 2 N–H and O–H groups in total. The summed E-state index contributed by atoms with van der Waals surface area (Å²) in [6, 6.07) is 13.5. The quantitative estimate of drug-likeness (QED) is 0.288. The third-order valence-electron chi connectivity index (χ3n) is 4.06. The van der Waals surface area contributed by atoms with Crippen molar-refractivity contribution in [2.45, 2.75) is 0 Å². The first-order valence-electron chi connectivity index (χ1n) is 8.88. The first-order chi connectivity index (χ1) is 15.2. The molecule has 0 aliphatic heterocycles. The van der Waals surface area contributed by atoms with Crippen LogP contribution in [0.4, 0.5) is 11.4 Å². The number of furan rings is 1. The molecule has 3 aromatic rings. The molecule has 0 saturated heterocycles. The maximum Gasteiger partial charge on any atom is 0.291 e. The molecule has 0 aliphatic rings. The van der Waals surface area contributed by atoms with Crippen LogP contribution in [0.3, 0.4) is 0 Å². The average molecular weight is 499 g/mol. The van der Waals surface area contributed by atoms with Crippen LogP contribution in [-0.2, 0) is 4.79 Å². The van der Waals surface area contributed by atoms with Gasteiger partial charge in [-0.1, -0.05) is 24.3 Å². The highest BCUT2D eigenvalue weighted by Crippen LogP contribution is 2.18. The molecule has 0 atom stereocenters. The third-order valence-corrected chi connectivity index (χ3v) is 4.49. The Hall–Kier alpha value is -4.25. The van der Waals surface area contributed by atoms with Gasteiger partial charge in [-0.05, 0) is 57.4 Å². The summed E-state index contributed by atoms with van der Waals surface area (Å²) in [5.41, 5.74) is 0.0363. The number of nitro groups is 1. The highest BCUT2D eigenvalue weighted by atomic mass is 79.9. The van der Waals surface area contributed by atoms with Gasteiger partial charge in [0.05, 0.1) is 10.9 Å². The predicted octanol–water partition coefficient (Wildman–Crippen LogP) is 2.72. The van der Waals surface area contributed by atoms with Crippen molar-refractivity contribution in [1.29, 1.82) is 0 Å². The average Bonchev–Trinajstić information content (AvgIpc) is 3.20. The Kier molecular flexibility index (Phi) is 6.80. The van der Waals surface area contributed by atoms with E-state index in [2.05, 4.69) is 26.6 Å². The number of nitro benzene ring substituents is 1. The van der Waals surface area contributed by atoms with Crippen LogP contribution in [0, 0.1) is 10.1 Å². The minimum Gasteiger partial charge on any atom is -0.545 e. The molecule has 3 rings (SSSR count). The van der Waals surface area contributed by atoms with Crippen LogP contribution in [0.2, 0.25) is 0 Å². The van der Waals surface area contributed by atoms with Crippen molar-refractivity contribution in [3.8, 4) is 0 Å². The van der Waals surface area contributed by atoms with Gasteiger partial charge >= 0.3 is 0 Å². The van der Waals surface area contributed by atoms with E-state index < -0.39 is 22.7 Å². The van der Waals surface area contributed by atoms with Crippen molar-refractivity contribution in [2.24, 2.45) is 0 Å². The van der Waals surface area contributed by atoms with Gasteiger partial charge in [-0.15, -0.1) is 0 Å². The Balaban J connectivity index is 1.90. The molecule has 2 amide bonds. The molecule has 0 radical (unpaired) electrons. The van der Waals surface area contributed by atoms with Crippen LogP contribution in [0.5, 0.6) is 0 Å². The summed E-state index contributed by atoms with van der Waals surface area (Å²) in [5.74, 6) is -2.93. The van der Waals surface area contributed by atoms with Crippen molar-refractivity contribution >= 4 is 51.2 Å². The molecule has 0 aliphatic carbocycles. The van der Waals surface area contributed by atoms with Gasteiger partial charge in [0.2, 0.25) is 0 Å². The molecule has 1 heterocycles. The maximum absolute atomic E-state index is 12.8. The van der Waals surface area contributed by atoms with E-state index in [9.17, 15) is 29.6 Å². The second-order valence-corrected chi connectivity index (χ2v) is 7.07. The number of benzene rings is 2. The Morgan fingerprint density at radius 1 is 1.03 bits per heavy atom. The van der Waals surface area contributed by atoms with Gasteiger partial charge in [0, 0.05) is 17.8 Å². The number of anilines is 1. The van der Waals surface area contributed by atoms with E-state index in [0.29, 0.717) is 4.67 Å². The van der Waals surface area contributed by atoms with E-state index in [1.165, 1.54) is 66.7 Å². The molecule has 0 saturated carbocycles. The number of carbonyl (C=O) groups excluding carboxylic acids is 3. The molecule has 0 spiro atoms. The molecule has 32 heavy (non-hydrogen) atoms. The lowest BCUT2D eigenvalue weighted by molar-refractivity contribution is -0.384. The first kappa shape index (κ1) is 22.4. The number of nitrogens with one attached hydrogen (secondary N) is 2. The molecular formula is C21H13BrN3O7-.